The first-order valence-corrected chi connectivity index (χ1v) is 6.99. The van der Waals surface area contributed by atoms with E-state index in [-0.39, 0.29) is 0 Å². The molecule has 0 saturated carbocycles. The average Bonchev–Trinajstić information content (AvgIpc) is 2.53. The highest BCUT2D eigenvalue weighted by molar-refractivity contribution is 5.75. The van der Waals surface area contributed by atoms with Crippen molar-refractivity contribution in [1.82, 2.24) is 0 Å². The van der Waals surface area contributed by atoms with E-state index < -0.39 is 0 Å². The zero-order chi connectivity index (χ0) is 15.2. The van der Waals surface area contributed by atoms with Crippen molar-refractivity contribution in [2.75, 3.05) is 7.11 Å². The number of rotatable bonds is 5. The van der Waals surface area contributed by atoms with Crippen LogP contribution in [0.2, 0.25) is 0 Å². The third kappa shape index (κ3) is 3.82. The summed E-state index contributed by atoms with van der Waals surface area (Å²) in [6, 6.07) is 15.9. The van der Waals surface area contributed by atoms with Crippen LogP contribution in [0.5, 0.6) is 5.75 Å². The minimum absolute atomic E-state index is 0.710. The number of carbonyl (C=O) groups excluding carboxylic acids is 1. The molecule has 0 heterocycles. The maximum Gasteiger partial charge on any atom is 0.150 e. The first-order valence-electron chi connectivity index (χ1n) is 6.99. The second-order valence-corrected chi connectivity index (χ2v) is 5.24. The standard InChI is InChI=1S/C19H20O2/c1-14(2)19(17-8-10-18(21-3)11-9-17)12-15-4-6-16(13-20)7-5-15/h4-11,13H,12H2,1-3H3. The minimum atomic E-state index is 0.710. The fourth-order valence-electron chi connectivity index (χ4n) is 2.28. The predicted octanol–water partition coefficient (Wildman–Crippen LogP) is 4.54. The van der Waals surface area contributed by atoms with Gasteiger partial charge >= 0.3 is 0 Å². The lowest BCUT2D eigenvalue weighted by atomic mass is 9.94. The summed E-state index contributed by atoms with van der Waals surface area (Å²) in [6.07, 6.45) is 1.73. The molecular formula is C19H20O2. The summed E-state index contributed by atoms with van der Waals surface area (Å²) in [5.41, 5.74) is 5.71. The van der Waals surface area contributed by atoms with Gasteiger partial charge in [-0.15, -0.1) is 0 Å². The molecule has 2 rings (SSSR count). The van der Waals surface area contributed by atoms with Crippen molar-refractivity contribution in [2.45, 2.75) is 20.3 Å². The van der Waals surface area contributed by atoms with Gasteiger partial charge < -0.3 is 4.74 Å². The summed E-state index contributed by atoms with van der Waals surface area (Å²) in [5, 5.41) is 0. The largest absolute Gasteiger partial charge is 0.497 e. The summed E-state index contributed by atoms with van der Waals surface area (Å²) >= 11 is 0. The molecule has 108 valence electrons. The first kappa shape index (κ1) is 15.0. The van der Waals surface area contributed by atoms with Gasteiger partial charge in [-0.25, -0.2) is 0 Å². The quantitative estimate of drug-likeness (QED) is 0.751. The Morgan fingerprint density at radius 1 is 1.00 bits per heavy atom. The maximum absolute atomic E-state index is 10.7. The Morgan fingerprint density at radius 3 is 2.10 bits per heavy atom. The lowest BCUT2D eigenvalue weighted by molar-refractivity contribution is 0.112. The topological polar surface area (TPSA) is 26.3 Å². The van der Waals surface area contributed by atoms with Crippen molar-refractivity contribution in [3.63, 3.8) is 0 Å². The van der Waals surface area contributed by atoms with Crippen LogP contribution in [0.1, 0.15) is 35.3 Å². The summed E-state index contributed by atoms with van der Waals surface area (Å²) in [6.45, 7) is 4.25. The Bertz CT molecular complexity index is 630. The molecule has 0 unspecified atom stereocenters. The molecule has 0 N–H and O–H groups in total. The second kappa shape index (κ2) is 6.89. The molecule has 2 nitrogen and oxygen atoms in total. The highest BCUT2D eigenvalue weighted by Gasteiger charge is 2.06. The summed E-state index contributed by atoms with van der Waals surface area (Å²) in [7, 11) is 1.67. The van der Waals surface area contributed by atoms with Crippen LogP contribution in [-0.2, 0) is 6.42 Å². The molecule has 0 spiro atoms. The van der Waals surface area contributed by atoms with Gasteiger partial charge in [-0.05, 0) is 49.1 Å². The zero-order valence-electron chi connectivity index (χ0n) is 12.7. The molecule has 0 saturated heterocycles. The highest BCUT2D eigenvalue weighted by Crippen LogP contribution is 2.25. The van der Waals surface area contributed by atoms with Crippen LogP contribution < -0.4 is 4.74 Å². The number of aldehydes is 1. The van der Waals surface area contributed by atoms with Gasteiger partial charge in [-0.1, -0.05) is 42.0 Å². The van der Waals surface area contributed by atoms with Crippen molar-refractivity contribution in [3.05, 3.63) is 70.8 Å². The molecule has 0 aliphatic heterocycles. The van der Waals surface area contributed by atoms with Crippen LogP contribution in [0.15, 0.2) is 54.1 Å². The molecular weight excluding hydrogens is 260 g/mol. The van der Waals surface area contributed by atoms with Gasteiger partial charge in [0.2, 0.25) is 0 Å². The Hall–Kier alpha value is -2.35. The molecule has 0 radical (unpaired) electrons. The normalized spacial score (nSPS) is 10.0. The van der Waals surface area contributed by atoms with E-state index in [9.17, 15) is 4.79 Å². The van der Waals surface area contributed by atoms with Crippen LogP contribution in [0.25, 0.3) is 5.57 Å². The minimum Gasteiger partial charge on any atom is -0.497 e. The van der Waals surface area contributed by atoms with Crippen molar-refractivity contribution in [1.29, 1.82) is 0 Å². The van der Waals surface area contributed by atoms with E-state index in [0.29, 0.717) is 5.56 Å². The Morgan fingerprint density at radius 2 is 1.62 bits per heavy atom. The summed E-state index contributed by atoms with van der Waals surface area (Å²) < 4.78 is 5.20. The van der Waals surface area contributed by atoms with Gasteiger partial charge in [0.05, 0.1) is 7.11 Å². The molecule has 0 fully saturated rings. The van der Waals surface area contributed by atoms with E-state index in [2.05, 4.69) is 26.0 Å². The molecule has 0 amide bonds. The van der Waals surface area contributed by atoms with Crippen molar-refractivity contribution < 1.29 is 9.53 Å². The Balaban J connectivity index is 2.26. The maximum atomic E-state index is 10.7. The number of methoxy groups -OCH3 is 1. The summed E-state index contributed by atoms with van der Waals surface area (Å²) in [5.74, 6) is 0.863. The molecule has 2 aromatic rings. The van der Waals surface area contributed by atoms with Crippen molar-refractivity contribution in [3.8, 4) is 5.75 Å². The van der Waals surface area contributed by atoms with E-state index in [4.69, 9.17) is 4.74 Å². The SMILES string of the molecule is COc1ccc(C(Cc2ccc(C=O)cc2)=C(C)C)cc1. The van der Waals surface area contributed by atoms with Crippen LogP contribution >= 0.6 is 0 Å². The fraction of sp³-hybridized carbons (Fsp3) is 0.211. The summed E-state index contributed by atoms with van der Waals surface area (Å²) in [4.78, 5) is 10.7. The fourth-order valence-corrected chi connectivity index (χ4v) is 2.28. The predicted molar refractivity (Wildman–Crippen MR) is 86.8 cm³/mol. The highest BCUT2D eigenvalue weighted by atomic mass is 16.5. The number of hydrogen-bond acceptors (Lipinski definition) is 2. The third-order valence-electron chi connectivity index (χ3n) is 3.54. The number of allylic oxidation sites excluding steroid dienone is 2. The van der Waals surface area contributed by atoms with Gasteiger partial charge in [-0.2, -0.15) is 0 Å². The number of carbonyl (C=O) groups is 1. The van der Waals surface area contributed by atoms with Crippen LogP contribution in [0.4, 0.5) is 0 Å². The van der Waals surface area contributed by atoms with Crippen molar-refractivity contribution in [2.24, 2.45) is 0 Å². The van der Waals surface area contributed by atoms with E-state index in [1.165, 1.54) is 22.3 Å². The number of benzene rings is 2. The van der Waals surface area contributed by atoms with Gasteiger partial charge in [0.1, 0.15) is 12.0 Å². The van der Waals surface area contributed by atoms with E-state index in [1.54, 1.807) is 7.11 Å². The molecule has 2 aromatic carbocycles. The molecule has 2 heteroatoms. The zero-order valence-corrected chi connectivity index (χ0v) is 12.7. The Kier molecular flexibility index (Phi) is 4.94. The molecule has 0 atom stereocenters. The van der Waals surface area contributed by atoms with Gasteiger partial charge in [0.15, 0.2) is 0 Å². The van der Waals surface area contributed by atoms with Crippen LogP contribution in [-0.4, -0.2) is 13.4 Å². The number of hydrogen-bond donors (Lipinski definition) is 0. The van der Waals surface area contributed by atoms with E-state index in [1.807, 2.05) is 36.4 Å². The first-order chi connectivity index (χ1) is 10.1. The van der Waals surface area contributed by atoms with E-state index >= 15 is 0 Å². The Labute approximate surface area is 126 Å². The van der Waals surface area contributed by atoms with Crippen LogP contribution in [0.3, 0.4) is 0 Å². The molecule has 0 aromatic heterocycles. The van der Waals surface area contributed by atoms with Crippen LogP contribution in [0, 0.1) is 0 Å². The van der Waals surface area contributed by atoms with Gasteiger partial charge in [0, 0.05) is 5.56 Å². The lowest BCUT2D eigenvalue weighted by Crippen LogP contribution is -1.94. The smallest absolute Gasteiger partial charge is 0.150 e. The second-order valence-electron chi connectivity index (χ2n) is 5.24. The van der Waals surface area contributed by atoms with Gasteiger partial charge in [0.25, 0.3) is 0 Å². The molecule has 0 bridgehead atoms. The monoisotopic (exact) mass is 280 g/mol. The lowest BCUT2D eigenvalue weighted by Gasteiger charge is -2.12. The molecule has 21 heavy (non-hydrogen) atoms. The molecule has 0 aliphatic carbocycles. The third-order valence-corrected chi connectivity index (χ3v) is 3.54. The molecule has 0 aliphatic rings. The van der Waals surface area contributed by atoms with E-state index in [0.717, 1.165) is 18.5 Å². The average molecular weight is 280 g/mol. The van der Waals surface area contributed by atoms with Crippen molar-refractivity contribution >= 4 is 11.9 Å². The van der Waals surface area contributed by atoms with Gasteiger partial charge in [-0.3, -0.25) is 4.79 Å². The number of ether oxygens (including phenoxy) is 1.